The number of hydrogen-bond donors (Lipinski definition) is 0. The van der Waals surface area contributed by atoms with E-state index >= 15 is 0 Å². The summed E-state index contributed by atoms with van der Waals surface area (Å²) in [6.45, 7) is 3.41. The van der Waals surface area contributed by atoms with Crippen molar-refractivity contribution in [3.8, 4) is 0 Å². The second-order valence-corrected chi connectivity index (χ2v) is 5.74. The van der Waals surface area contributed by atoms with Crippen molar-refractivity contribution >= 4 is 22.6 Å². The fourth-order valence-electron chi connectivity index (χ4n) is 2.94. The third kappa shape index (κ3) is 2.60. The Labute approximate surface area is 118 Å². The Kier molecular flexibility index (Phi) is 3.71. The Balaban J connectivity index is 1.93. The Morgan fingerprint density at radius 2 is 2.37 bits per heavy atom. The molecule has 0 bridgehead atoms. The number of fused-ring (bicyclic) bond motifs is 1. The van der Waals surface area contributed by atoms with Gasteiger partial charge in [0.2, 0.25) is 0 Å². The van der Waals surface area contributed by atoms with Crippen LogP contribution in [0.15, 0.2) is 18.5 Å². The molecule has 0 aromatic carbocycles. The Morgan fingerprint density at radius 1 is 1.47 bits per heavy atom. The van der Waals surface area contributed by atoms with Crippen LogP contribution in [-0.4, -0.2) is 45.5 Å². The Bertz CT molecular complexity index is 566. The van der Waals surface area contributed by atoms with Gasteiger partial charge in [-0.25, -0.2) is 4.98 Å². The summed E-state index contributed by atoms with van der Waals surface area (Å²) in [5.41, 5.74) is 2.17. The zero-order valence-corrected chi connectivity index (χ0v) is 12.0. The maximum Gasteiger partial charge on any atom is 0.111 e. The van der Waals surface area contributed by atoms with Crippen LogP contribution in [0.2, 0.25) is 0 Å². The summed E-state index contributed by atoms with van der Waals surface area (Å²) in [6, 6.07) is 2.05. The number of aryl methyl sites for hydroxylation is 1. The molecule has 5 heteroatoms. The fourth-order valence-corrected chi connectivity index (χ4v) is 3.11. The van der Waals surface area contributed by atoms with Crippen molar-refractivity contribution in [3.63, 3.8) is 0 Å². The number of pyridine rings is 1. The van der Waals surface area contributed by atoms with Crippen molar-refractivity contribution in [1.29, 1.82) is 0 Å². The summed E-state index contributed by atoms with van der Waals surface area (Å²) in [6.07, 6.45) is 5.76. The van der Waals surface area contributed by atoms with Crippen LogP contribution < -0.4 is 0 Å². The average Bonchev–Trinajstić information content (AvgIpc) is 2.96. The summed E-state index contributed by atoms with van der Waals surface area (Å²) in [4.78, 5) is 11.2. The minimum absolute atomic E-state index is 0.612. The number of hydrogen-bond acceptors (Lipinski definition) is 3. The number of aromatic nitrogens is 3. The molecule has 1 atom stereocenters. The zero-order chi connectivity index (χ0) is 13.2. The van der Waals surface area contributed by atoms with Crippen molar-refractivity contribution < 1.29 is 0 Å². The van der Waals surface area contributed by atoms with Gasteiger partial charge in [0.1, 0.15) is 11.3 Å². The van der Waals surface area contributed by atoms with E-state index in [2.05, 4.69) is 32.5 Å². The molecule has 0 amide bonds. The molecule has 2 aromatic rings. The van der Waals surface area contributed by atoms with Crippen molar-refractivity contribution in [1.82, 2.24) is 19.4 Å². The first kappa shape index (κ1) is 12.9. The molecule has 0 spiro atoms. The number of likely N-dealkylation sites (tertiary alicyclic amines) is 1. The van der Waals surface area contributed by atoms with E-state index in [0.29, 0.717) is 11.8 Å². The first-order valence-corrected chi connectivity index (χ1v) is 7.35. The molecule has 2 aromatic heterocycles. The molecule has 0 N–H and O–H groups in total. The molecule has 0 radical (unpaired) electrons. The lowest BCUT2D eigenvalue weighted by atomic mass is 10.1. The van der Waals surface area contributed by atoms with Gasteiger partial charge in [0.25, 0.3) is 0 Å². The van der Waals surface area contributed by atoms with Crippen LogP contribution in [0.5, 0.6) is 0 Å². The average molecular weight is 279 g/mol. The predicted octanol–water partition coefficient (Wildman–Crippen LogP) is 2.16. The van der Waals surface area contributed by atoms with Crippen molar-refractivity contribution in [3.05, 3.63) is 24.3 Å². The van der Waals surface area contributed by atoms with Gasteiger partial charge >= 0.3 is 0 Å². The SMILES string of the molecule is CN1CCC(Cn2c(CCCl)nc3cnccc32)C1. The molecule has 1 aliphatic heterocycles. The highest BCUT2D eigenvalue weighted by molar-refractivity contribution is 6.17. The molecule has 3 rings (SSSR count). The molecule has 1 unspecified atom stereocenters. The summed E-state index contributed by atoms with van der Waals surface area (Å²) < 4.78 is 2.34. The molecule has 1 saturated heterocycles. The monoisotopic (exact) mass is 278 g/mol. The molecule has 0 aliphatic carbocycles. The van der Waals surface area contributed by atoms with Gasteiger partial charge in [0.05, 0.1) is 11.7 Å². The lowest BCUT2D eigenvalue weighted by molar-refractivity contribution is 0.378. The minimum Gasteiger partial charge on any atom is -0.328 e. The number of rotatable bonds is 4. The number of alkyl halides is 1. The van der Waals surface area contributed by atoms with Crippen LogP contribution in [-0.2, 0) is 13.0 Å². The molecule has 1 aliphatic rings. The number of nitrogens with zero attached hydrogens (tertiary/aromatic N) is 4. The maximum atomic E-state index is 5.90. The van der Waals surface area contributed by atoms with Gasteiger partial charge in [-0.3, -0.25) is 4.98 Å². The molecular weight excluding hydrogens is 260 g/mol. The van der Waals surface area contributed by atoms with Gasteiger partial charge in [-0.15, -0.1) is 11.6 Å². The zero-order valence-electron chi connectivity index (χ0n) is 11.2. The van der Waals surface area contributed by atoms with Crippen molar-refractivity contribution in [2.24, 2.45) is 5.92 Å². The van der Waals surface area contributed by atoms with E-state index in [1.807, 2.05) is 12.4 Å². The standard InChI is InChI=1S/C14H19ClN4/c1-18-7-4-11(9-18)10-19-13-3-6-16-8-12(13)17-14(19)2-5-15/h3,6,8,11H,2,4-5,7,9-10H2,1H3. The van der Waals surface area contributed by atoms with Gasteiger partial charge in [-0.1, -0.05) is 0 Å². The molecule has 102 valence electrons. The third-order valence-electron chi connectivity index (χ3n) is 3.88. The second kappa shape index (κ2) is 5.47. The highest BCUT2D eigenvalue weighted by Crippen LogP contribution is 2.22. The quantitative estimate of drug-likeness (QED) is 0.804. The highest BCUT2D eigenvalue weighted by atomic mass is 35.5. The second-order valence-electron chi connectivity index (χ2n) is 5.36. The lowest BCUT2D eigenvalue weighted by Crippen LogP contribution is -2.18. The topological polar surface area (TPSA) is 34.0 Å². The van der Waals surface area contributed by atoms with E-state index in [1.54, 1.807) is 0 Å². The van der Waals surface area contributed by atoms with Gasteiger partial charge in [0, 0.05) is 31.6 Å². The maximum absolute atomic E-state index is 5.90. The first-order valence-electron chi connectivity index (χ1n) is 6.81. The van der Waals surface area contributed by atoms with E-state index in [4.69, 9.17) is 11.6 Å². The van der Waals surface area contributed by atoms with Crippen molar-refractivity contribution in [2.45, 2.75) is 19.4 Å². The molecule has 4 nitrogen and oxygen atoms in total. The van der Waals surface area contributed by atoms with Crippen LogP contribution in [0.1, 0.15) is 12.2 Å². The van der Waals surface area contributed by atoms with Crippen LogP contribution >= 0.6 is 11.6 Å². The normalized spacial score (nSPS) is 20.4. The molecule has 3 heterocycles. The van der Waals surface area contributed by atoms with Gasteiger partial charge in [-0.2, -0.15) is 0 Å². The third-order valence-corrected chi connectivity index (χ3v) is 4.07. The summed E-state index contributed by atoms with van der Waals surface area (Å²) in [5.74, 6) is 2.42. The minimum atomic E-state index is 0.612. The smallest absolute Gasteiger partial charge is 0.111 e. The van der Waals surface area contributed by atoms with Gasteiger partial charge < -0.3 is 9.47 Å². The molecular formula is C14H19ClN4. The van der Waals surface area contributed by atoms with E-state index in [1.165, 1.54) is 25.0 Å². The van der Waals surface area contributed by atoms with E-state index < -0.39 is 0 Å². The Hall–Kier alpha value is -1.13. The summed E-state index contributed by atoms with van der Waals surface area (Å²) in [7, 11) is 2.19. The summed E-state index contributed by atoms with van der Waals surface area (Å²) >= 11 is 5.90. The van der Waals surface area contributed by atoms with E-state index in [-0.39, 0.29) is 0 Å². The molecule has 19 heavy (non-hydrogen) atoms. The highest BCUT2D eigenvalue weighted by Gasteiger charge is 2.22. The predicted molar refractivity (Wildman–Crippen MR) is 77.6 cm³/mol. The first-order chi connectivity index (χ1) is 9.28. The van der Waals surface area contributed by atoms with Crippen molar-refractivity contribution in [2.75, 3.05) is 26.0 Å². The van der Waals surface area contributed by atoms with Gasteiger partial charge in [0.15, 0.2) is 0 Å². The van der Waals surface area contributed by atoms with Gasteiger partial charge in [-0.05, 0) is 32.0 Å². The number of imidazole rings is 1. The van der Waals surface area contributed by atoms with E-state index in [0.717, 1.165) is 24.3 Å². The largest absolute Gasteiger partial charge is 0.328 e. The van der Waals surface area contributed by atoms with Crippen LogP contribution in [0.25, 0.3) is 11.0 Å². The lowest BCUT2D eigenvalue weighted by Gasteiger charge is -2.14. The fraction of sp³-hybridized carbons (Fsp3) is 0.571. The molecule has 0 saturated carbocycles. The Morgan fingerprint density at radius 3 is 3.11 bits per heavy atom. The number of halogens is 1. The van der Waals surface area contributed by atoms with Crippen LogP contribution in [0, 0.1) is 5.92 Å². The van der Waals surface area contributed by atoms with Crippen LogP contribution in [0.4, 0.5) is 0 Å². The van der Waals surface area contributed by atoms with Crippen LogP contribution in [0.3, 0.4) is 0 Å². The summed E-state index contributed by atoms with van der Waals surface area (Å²) in [5, 5.41) is 0. The molecule has 1 fully saturated rings. The van der Waals surface area contributed by atoms with E-state index in [9.17, 15) is 0 Å².